The van der Waals surface area contributed by atoms with Gasteiger partial charge in [0.1, 0.15) is 18.2 Å². The van der Waals surface area contributed by atoms with Crippen LogP contribution >= 0.6 is 56.5 Å². The number of hydrogen-bond donors (Lipinski definition) is 0. The van der Waals surface area contributed by atoms with E-state index in [0.717, 1.165) is 7.14 Å². The molecule has 0 saturated heterocycles. The highest BCUT2D eigenvalue weighted by atomic mass is 127. The van der Waals surface area contributed by atoms with Crippen molar-refractivity contribution < 1.29 is 18.7 Å². The van der Waals surface area contributed by atoms with E-state index in [9.17, 15) is 14.0 Å². The normalized spacial score (nSPS) is 14.7. The van der Waals surface area contributed by atoms with Crippen LogP contribution in [0.4, 0.5) is 4.39 Å². The predicted molar refractivity (Wildman–Crippen MR) is 174 cm³/mol. The molecule has 4 aromatic rings. The molecule has 0 saturated carbocycles. The van der Waals surface area contributed by atoms with E-state index >= 15 is 0 Å². The zero-order valence-corrected chi connectivity index (χ0v) is 26.7. The van der Waals surface area contributed by atoms with E-state index in [1.54, 1.807) is 25.1 Å². The van der Waals surface area contributed by atoms with Crippen molar-refractivity contribution >= 4 is 74.3 Å². The van der Waals surface area contributed by atoms with Crippen LogP contribution in [0.2, 0.25) is 0 Å². The highest BCUT2D eigenvalue weighted by Gasteiger charge is 2.35. The molecule has 0 N–H and O–H groups in total. The average molecular weight is 790 g/mol. The number of terminal acetylenes is 1. The molecule has 3 aromatic carbocycles. The molecule has 0 unspecified atom stereocenters. The molecule has 0 radical (unpaired) electrons. The number of esters is 1. The highest BCUT2D eigenvalue weighted by Crippen LogP contribution is 2.35. The molecule has 0 fully saturated rings. The van der Waals surface area contributed by atoms with Crippen molar-refractivity contribution in [3.8, 4) is 18.1 Å². The molecule has 1 atom stereocenters. The first-order valence-corrected chi connectivity index (χ1v) is 15.4. The van der Waals surface area contributed by atoms with Crippen LogP contribution < -0.4 is 19.6 Å². The second-order valence-electron chi connectivity index (χ2n) is 8.78. The molecule has 1 aromatic heterocycles. The lowest BCUT2D eigenvalue weighted by atomic mass is 9.93. The van der Waals surface area contributed by atoms with Crippen LogP contribution in [-0.4, -0.2) is 23.8 Å². The minimum atomic E-state index is -0.892. The largest absolute Gasteiger partial charge is 0.479 e. The zero-order valence-electron chi connectivity index (χ0n) is 21.6. The summed E-state index contributed by atoms with van der Waals surface area (Å²) in [5.41, 5.74) is 2.17. The summed E-state index contributed by atoms with van der Waals surface area (Å²) in [7, 11) is 0. The predicted octanol–water partition coefficient (Wildman–Crippen LogP) is 5.30. The molecule has 0 aliphatic carbocycles. The summed E-state index contributed by atoms with van der Waals surface area (Å²) < 4.78 is 28.9. The Bertz CT molecular complexity index is 1890. The van der Waals surface area contributed by atoms with Gasteiger partial charge in [-0.05, 0) is 88.0 Å². The fourth-order valence-electron chi connectivity index (χ4n) is 4.50. The SMILES string of the molecule is C#CCOc1c(I)cc(I)cc1/C=c1\sc2n(c1=O)[C@H](c1ccc(F)cc1)C(C(=O)OCC)=C(c1ccccc1)N=2. The number of fused-ring (bicyclic) bond motifs is 1. The lowest BCUT2D eigenvalue weighted by Gasteiger charge is -2.25. The van der Waals surface area contributed by atoms with Gasteiger partial charge in [0.05, 0.1) is 32.0 Å². The first-order chi connectivity index (χ1) is 19.8. The molecule has 6 nitrogen and oxygen atoms in total. The Kier molecular flexibility index (Phi) is 9.06. The Hall–Kier alpha value is -3.28. The minimum absolute atomic E-state index is 0.0760. The number of halogens is 3. The van der Waals surface area contributed by atoms with Gasteiger partial charge in [-0.3, -0.25) is 9.36 Å². The van der Waals surface area contributed by atoms with Crippen molar-refractivity contribution in [3.05, 3.63) is 122 Å². The van der Waals surface area contributed by atoms with Crippen molar-refractivity contribution in [3.63, 3.8) is 0 Å². The molecule has 5 rings (SSSR count). The Morgan fingerprint density at radius 2 is 1.90 bits per heavy atom. The van der Waals surface area contributed by atoms with Gasteiger partial charge in [-0.2, -0.15) is 0 Å². The third-order valence-electron chi connectivity index (χ3n) is 6.18. The van der Waals surface area contributed by atoms with Crippen molar-refractivity contribution in [2.45, 2.75) is 13.0 Å². The molecule has 0 bridgehead atoms. The van der Waals surface area contributed by atoms with Gasteiger partial charge in [-0.25, -0.2) is 14.2 Å². The molecule has 0 spiro atoms. The Morgan fingerprint density at radius 3 is 2.59 bits per heavy atom. The smallest absolute Gasteiger partial charge is 0.338 e. The maximum absolute atomic E-state index is 14.1. The van der Waals surface area contributed by atoms with E-state index in [0.29, 0.717) is 37.5 Å². The number of aromatic nitrogens is 1. The van der Waals surface area contributed by atoms with Crippen LogP contribution in [0.1, 0.15) is 29.7 Å². The maximum Gasteiger partial charge on any atom is 0.338 e. The van der Waals surface area contributed by atoms with Gasteiger partial charge >= 0.3 is 5.97 Å². The Morgan fingerprint density at radius 1 is 1.17 bits per heavy atom. The number of benzene rings is 3. The topological polar surface area (TPSA) is 69.9 Å². The van der Waals surface area contributed by atoms with Gasteiger partial charge in [-0.15, -0.1) is 6.42 Å². The third kappa shape index (κ3) is 6.02. The van der Waals surface area contributed by atoms with Crippen LogP contribution in [0.15, 0.2) is 82.1 Å². The summed E-state index contributed by atoms with van der Waals surface area (Å²) in [6, 6.07) is 18.0. The number of carbonyl (C=O) groups excluding carboxylic acids is 1. The van der Waals surface area contributed by atoms with Gasteiger partial charge in [0.2, 0.25) is 0 Å². The second-order valence-corrected chi connectivity index (χ2v) is 12.2. The van der Waals surface area contributed by atoms with Gasteiger partial charge in [0.25, 0.3) is 5.56 Å². The Labute approximate surface area is 266 Å². The van der Waals surface area contributed by atoms with E-state index in [-0.39, 0.29) is 24.3 Å². The molecule has 0 amide bonds. The summed E-state index contributed by atoms with van der Waals surface area (Å²) in [6.45, 7) is 1.93. The molecule has 2 heterocycles. The average Bonchev–Trinajstić information content (AvgIpc) is 3.27. The molecular weight excluding hydrogens is 769 g/mol. The monoisotopic (exact) mass is 790 g/mol. The van der Waals surface area contributed by atoms with E-state index in [1.165, 1.54) is 28.0 Å². The lowest BCUT2D eigenvalue weighted by molar-refractivity contribution is -0.138. The summed E-state index contributed by atoms with van der Waals surface area (Å²) in [5, 5.41) is 0. The molecule has 1 aliphatic heterocycles. The van der Waals surface area contributed by atoms with Crippen molar-refractivity contribution in [1.82, 2.24) is 4.57 Å². The standard InChI is InChI=1S/C31H21FI2N2O4S/c1-3-14-40-28-20(15-22(33)17-23(28)34)16-24-29(37)36-27(19-10-12-21(32)13-11-19)25(30(38)39-4-2)26(35-31(36)41-24)18-8-6-5-7-9-18/h1,5-13,15-17,27H,4,14H2,2H3/b24-16-/t27-/m1/s1. The zero-order chi connectivity index (χ0) is 29.1. The quantitative estimate of drug-likeness (QED) is 0.145. The Balaban J connectivity index is 1.82. The molecule has 41 heavy (non-hydrogen) atoms. The summed E-state index contributed by atoms with van der Waals surface area (Å²) >= 11 is 5.58. The number of thiazole rings is 1. The maximum atomic E-state index is 14.1. The minimum Gasteiger partial charge on any atom is -0.479 e. The van der Waals surface area contributed by atoms with E-state index < -0.39 is 17.8 Å². The number of rotatable bonds is 7. The van der Waals surface area contributed by atoms with Crippen molar-refractivity contribution in [2.75, 3.05) is 13.2 Å². The lowest BCUT2D eigenvalue weighted by Crippen LogP contribution is -2.40. The molecule has 1 aliphatic rings. The molecule has 206 valence electrons. The van der Waals surface area contributed by atoms with E-state index in [2.05, 4.69) is 51.1 Å². The molecular formula is C31H21FI2N2O4S. The molecule has 10 heteroatoms. The number of carbonyl (C=O) groups is 1. The fraction of sp³-hybridized carbons (Fsp3) is 0.129. The van der Waals surface area contributed by atoms with Gasteiger partial charge in [0.15, 0.2) is 4.80 Å². The van der Waals surface area contributed by atoms with E-state index in [4.69, 9.17) is 20.9 Å². The number of nitrogens with zero attached hydrogens (tertiary/aromatic N) is 2. The summed E-state index contributed by atoms with van der Waals surface area (Å²) in [5.74, 6) is 2.02. The third-order valence-corrected chi connectivity index (χ3v) is 8.59. The fourth-order valence-corrected chi connectivity index (χ4v) is 7.53. The van der Waals surface area contributed by atoms with Crippen LogP contribution in [0, 0.1) is 25.3 Å². The van der Waals surface area contributed by atoms with Crippen LogP contribution in [-0.2, 0) is 9.53 Å². The number of ether oxygens (including phenoxy) is 2. The van der Waals surface area contributed by atoms with Gasteiger partial charge in [0, 0.05) is 14.7 Å². The highest BCUT2D eigenvalue weighted by molar-refractivity contribution is 14.1. The first kappa shape index (κ1) is 29.2. The van der Waals surface area contributed by atoms with Crippen LogP contribution in [0.5, 0.6) is 5.75 Å². The van der Waals surface area contributed by atoms with Gasteiger partial charge in [-0.1, -0.05) is 59.7 Å². The van der Waals surface area contributed by atoms with Crippen LogP contribution in [0.3, 0.4) is 0 Å². The summed E-state index contributed by atoms with van der Waals surface area (Å²) in [4.78, 5) is 32.8. The summed E-state index contributed by atoms with van der Waals surface area (Å²) in [6.07, 6.45) is 7.18. The van der Waals surface area contributed by atoms with Crippen molar-refractivity contribution in [1.29, 1.82) is 0 Å². The second kappa shape index (κ2) is 12.7. The van der Waals surface area contributed by atoms with E-state index in [1.807, 2.05) is 42.5 Å². The van der Waals surface area contributed by atoms with Gasteiger partial charge < -0.3 is 9.47 Å². The first-order valence-electron chi connectivity index (χ1n) is 12.4. The van der Waals surface area contributed by atoms with Crippen molar-refractivity contribution in [2.24, 2.45) is 4.99 Å². The number of hydrogen-bond acceptors (Lipinski definition) is 6. The van der Waals surface area contributed by atoms with Crippen LogP contribution in [0.25, 0.3) is 11.8 Å².